The lowest BCUT2D eigenvalue weighted by atomic mass is 9.80. The Morgan fingerprint density at radius 1 is 0.417 bits per heavy atom. The molecule has 21 nitrogen and oxygen atoms in total. The molecule has 0 spiro atoms. The summed E-state index contributed by atoms with van der Waals surface area (Å²) in [5.74, 6) is 4.51. The molecule has 11 amide bonds. The Bertz CT molecular complexity index is 4940. The number of rotatable bonds is 16. The first-order valence-electron chi connectivity index (χ1n) is 51.2. The fourth-order valence-electron chi connectivity index (χ4n) is 23.8. The van der Waals surface area contributed by atoms with Crippen LogP contribution in [0.3, 0.4) is 0 Å². The third-order valence-corrected chi connectivity index (χ3v) is 30.8. The van der Waals surface area contributed by atoms with Gasteiger partial charge in [-0.15, -0.1) is 0 Å². The molecule has 0 radical (unpaired) electrons. The summed E-state index contributed by atoms with van der Waals surface area (Å²) in [6, 6.07) is 31.4. The van der Waals surface area contributed by atoms with E-state index in [0.29, 0.717) is 72.3 Å². The van der Waals surface area contributed by atoms with Gasteiger partial charge in [0.25, 0.3) is 0 Å². The fraction of sp³-hybridized carbons (Fsp3) is 0.649. The molecule has 4 aliphatic heterocycles. The lowest BCUT2D eigenvalue weighted by molar-refractivity contribution is -0.139. The Labute approximate surface area is 790 Å². The molecule has 3 aromatic carbocycles. The van der Waals surface area contributed by atoms with E-state index < -0.39 is 5.60 Å². The smallest absolute Gasteiger partial charge is 0.410 e. The molecule has 9 aliphatic carbocycles. The van der Waals surface area contributed by atoms with Gasteiger partial charge in [-0.2, -0.15) is 0 Å². The number of ether oxygens (including phenoxy) is 1. The average Bonchev–Trinajstić information content (AvgIpc) is 1.66. The predicted octanol–water partition coefficient (Wildman–Crippen LogP) is 20.4. The van der Waals surface area contributed by atoms with Crippen molar-refractivity contribution in [2.24, 2.45) is 53.3 Å². The van der Waals surface area contributed by atoms with Gasteiger partial charge in [-0.05, 0) is 390 Å². The van der Waals surface area contributed by atoms with Crippen molar-refractivity contribution in [2.45, 2.75) is 324 Å². The third kappa shape index (κ3) is 24.3. The van der Waals surface area contributed by atoms with Crippen LogP contribution in [0.2, 0.25) is 0 Å². The molecule has 2 unspecified atom stereocenters. The molecular weight excluding hydrogens is 1650 g/mol. The van der Waals surface area contributed by atoms with E-state index in [4.69, 9.17) is 4.74 Å². The highest BCUT2D eigenvalue weighted by molar-refractivity contribution is 5.88. The van der Waals surface area contributed by atoms with Crippen LogP contribution in [0.5, 0.6) is 0 Å². The van der Waals surface area contributed by atoms with Gasteiger partial charge in [0, 0.05) is 145 Å². The van der Waals surface area contributed by atoms with E-state index >= 15 is 0 Å². The molecular formula is C111H160N12O9. The maximum absolute atomic E-state index is 13.8. The lowest BCUT2D eigenvalue weighted by Crippen LogP contribution is -2.50. The van der Waals surface area contributed by atoms with Gasteiger partial charge < -0.3 is 59.9 Å². The number of urea groups is 3. The van der Waals surface area contributed by atoms with Crippen molar-refractivity contribution in [3.8, 4) is 0 Å². The molecule has 5 heterocycles. The topological polar surface area (TPSA) is 221 Å². The minimum absolute atomic E-state index is 0.0144. The molecule has 5 saturated carbocycles. The van der Waals surface area contributed by atoms with Crippen molar-refractivity contribution < 1.29 is 43.1 Å². The minimum atomic E-state index is -0.476. The molecule has 4 aromatic rings. The van der Waals surface area contributed by atoms with Crippen molar-refractivity contribution in [2.75, 3.05) is 86.1 Å². The Kier molecular flexibility index (Phi) is 31.7. The predicted molar refractivity (Wildman–Crippen MR) is 529 cm³/mol. The van der Waals surface area contributed by atoms with Gasteiger partial charge in [-0.3, -0.25) is 24.2 Å². The third-order valence-electron chi connectivity index (χ3n) is 30.8. The molecule has 0 bridgehead atoms. The molecule has 17 rings (SSSR count). The van der Waals surface area contributed by atoms with Crippen LogP contribution in [0.1, 0.15) is 303 Å². The van der Waals surface area contributed by atoms with E-state index in [9.17, 15) is 38.4 Å². The van der Waals surface area contributed by atoms with E-state index in [1.807, 2.05) is 119 Å². The number of nitrogens with one attached hydrogen (secondary N) is 3. The second kappa shape index (κ2) is 42.3. The minimum Gasteiger partial charge on any atom is -0.444 e. The summed E-state index contributed by atoms with van der Waals surface area (Å²) < 4.78 is 5.45. The summed E-state index contributed by atoms with van der Waals surface area (Å²) in [7, 11) is 3.68. The lowest BCUT2D eigenvalue weighted by Gasteiger charge is -2.41. The first-order chi connectivity index (χ1) is 62.8. The van der Waals surface area contributed by atoms with Gasteiger partial charge in [-0.1, -0.05) is 85.8 Å². The molecule has 132 heavy (non-hydrogen) atoms. The second-order valence-electron chi connectivity index (χ2n) is 45.4. The Hall–Kier alpha value is -9.27. The van der Waals surface area contributed by atoms with Gasteiger partial charge in [-0.25, -0.2) is 19.2 Å². The Morgan fingerprint density at radius 3 is 1.31 bits per heavy atom. The zero-order valence-electron chi connectivity index (χ0n) is 83.7. The van der Waals surface area contributed by atoms with Crippen LogP contribution in [-0.2, 0) is 49.6 Å². The number of pyridine rings is 1. The molecule has 21 heteroatoms. The highest BCUT2D eigenvalue weighted by Gasteiger charge is 2.48. The fourth-order valence-corrected chi connectivity index (χ4v) is 23.8. The number of hydrogen-bond donors (Lipinski definition) is 3. The van der Waals surface area contributed by atoms with Gasteiger partial charge in [0.15, 0.2) is 0 Å². The molecule has 0 saturated heterocycles. The number of aromatic nitrogens is 1. The standard InChI is InChI=1S/C30H43N3O2.C29H43N3O2.C27H39N3O2.C25H35N3O3/c1-5-32(29(35)31-30(2,3)4)19-20-10-12-22(13-11-20)28(34)33-17-16-25-24-9-7-6-8-23(24)18-26(25)27(33)21-14-15-21;1-6-26-25-18-22-10-8-9-11-23(22)24(25)16-17-32(26)27(33)21-14-12-20(13-15-21)19-31(7-2)28(34)30-29(3,4)5;1-18-14-24-22(15-21-8-6-7-9-23(21)24)17-30(18)25(31)20-12-10-19(11-13-20)16-29(5)26(32)28-27(2,3)4;1-25(2,3)31-24(30)27(4)15-17-7-9-18(10-8-17)23(29)28-13-11-20-19(16-28)14-22-21(20)6-5-12-26-22/h6-9,20-22,27H,5,10-19H2,1-4H3,(H,31,35);8-11,20-21,26H,6-7,12-19H2,1-5H3,(H,30,34);6-9,18-20H,10-17H2,1-5H3,(H,28,32);5-6,12,17-18H,7-11,13-16H2,1-4H3/t;;18-,19?,20?;/m..1./s1. The maximum Gasteiger partial charge on any atom is 0.410 e. The Balaban J connectivity index is 0.000000142. The molecule has 5 fully saturated rings. The van der Waals surface area contributed by atoms with E-state index in [-0.39, 0.29) is 76.6 Å². The SMILES string of the molecule is CCC1C2=C(CCN1C(=O)C1CCC(CN(CC)C(=O)NC(C)(C)C)CC1)c1ccccc1C2.CCN(CC1CCC(C(=O)N2CCC3=C(Cc4ccccc43)C2C2CC2)CC1)C(=O)NC(C)(C)C.CN(CC1CCC(C(=O)N2CCC3=C(Cc4ncccc43)C2)CC1)C(=O)OC(C)(C)C.C[C@@H]1CC2=C(Cc3ccccc32)CN1C(=O)C1CCC(CN(C)C(=O)NC(C)(C)C)CC1. The van der Waals surface area contributed by atoms with Crippen LogP contribution < -0.4 is 16.0 Å². The molecule has 718 valence electrons. The van der Waals surface area contributed by atoms with Crippen LogP contribution in [-0.4, -0.2) is 218 Å². The van der Waals surface area contributed by atoms with Crippen LogP contribution >= 0.6 is 0 Å². The number of carbonyl (C=O) groups is 8. The monoisotopic (exact) mass is 1810 g/mol. The van der Waals surface area contributed by atoms with Gasteiger partial charge in [0.2, 0.25) is 23.6 Å². The molecule has 3 N–H and O–H groups in total. The quantitative estimate of drug-likeness (QED) is 0.0963. The number of nitrogens with zero attached hydrogens (tertiary/aromatic N) is 9. The summed E-state index contributed by atoms with van der Waals surface area (Å²) in [5, 5.41) is 9.22. The van der Waals surface area contributed by atoms with Gasteiger partial charge in [0.05, 0.1) is 17.8 Å². The van der Waals surface area contributed by atoms with E-state index in [0.717, 1.165) is 225 Å². The number of benzene rings is 3. The van der Waals surface area contributed by atoms with Crippen molar-refractivity contribution in [1.82, 2.24) is 60.1 Å². The summed E-state index contributed by atoms with van der Waals surface area (Å²) in [6.07, 6.45) is 28.6. The summed E-state index contributed by atoms with van der Waals surface area (Å²) >= 11 is 0. The first kappa shape index (κ1) is 98.7. The highest BCUT2D eigenvalue weighted by atomic mass is 16.6. The molecule has 13 aliphatic rings. The molecule has 1 aromatic heterocycles. The van der Waals surface area contributed by atoms with E-state index in [2.05, 4.69) is 140 Å². The van der Waals surface area contributed by atoms with Crippen molar-refractivity contribution >= 4 is 70.1 Å². The number of amides is 11. The summed E-state index contributed by atoms with van der Waals surface area (Å²) in [6.45, 7) is 40.9. The highest BCUT2D eigenvalue weighted by Crippen LogP contribution is 2.51. The zero-order chi connectivity index (χ0) is 94.4. The maximum atomic E-state index is 13.8. The van der Waals surface area contributed by atoms with Gasteiger partial charge >= 0.3 is 24.2 Å². The van der Waals surface area contributed by atoms with Crippen molar-refractivity contribution in [3.05, 3.63) is 158 Å². The number of carbonyl (C=O) groups excluding carboxylic acids is 8. The van der Waals surface area contributed by atoms with E-state index in [1.54, 1.807) is 28.0 Å². The van der Waals surface area contributed by atoms with Crippen LogP contribution in [0.4, 0.5) is 19.2 Å². The average molecular weight is 1810 g/mol. The van der Waals surface area contributed by atoms with Crippen molar-refractivity contribution in [1.29, 1.82) is 0 Å². The number of hydrogen-bond acceptors (Lipinski definition) is 10. The van der Waals surface area contributed by atoms with E-state index in [1.165, 1.54) is 85.2 Å². The largest absolute Gasteiger partial charge is 0.444 e. The zero-order valence-corrected chi connectivity index (χ0v) is 83.7. The Morgan fingerprint density at radius 2 is 0.826 bits per heavy atom. The van der Waals surface area contributed by atoms with Crippen molar-refractivity contribution in [3.63, 3.8) is 0 Å². The van der Waals surface area contributed by atoms with Gasteiger partial charge in [0.1, 0.15) is 5.60 Å². The van der Waals surface area contributed by atoms with Crippen LogP contribution in [0.25, 0.3) is 22.3 Å². The normalized spacial score (nSPS) is 24.9. The summed E-state index contributed by atoms with van der Waals surface area (Å²) in [5.41, 5.74) is 21.7. The van der Waals surface area contributed by atoms with Crippen LogP contribution in [0, 0.1) is 53.3 Å². The first-order valence-corrected chi connectivity index (χ1v) is 51.2. The second-order valence-corrected chi connectivity index (χ2v) is 45.4. The number of fused-ring (bicyclic) bond motifs is 8. The molecule has 3 atom stereocenters. The summed E-state index contributed by atoms with van der Waals surface area (Å²) in [4.78, 5) is 125. The van der Waals surface area contributed by atoms with Crippen LogP contribution in [0.15, 0.2) is 113 Å².